The van der Waals surface area contributed by atoms with Crippen molar-refractivity contribution in [2.75, 3.05) is 33.4 Å². The molecule has 116 valence electrons. The van der Waals surface area contributed by atoms with Crippen molar-refractivity contribution in [3.8, 4) is 5.75 Å². The Hall–Kier alpha value is -0.620. The zero-order valence-electron chi connectivity index (χ0n) is 12.5. The van der Waals surface area contributed by atoms with Gasteiger partial charge in [-0.1, -0.05) is 6.07 Å². The van der Waals surface area contributed by atoms with Crippen LogP contribution in [0.3, 0.4) is 0 Å². The van der Waals surface area contributed by atoms with E-state index in [4.69, 9.17) is 9.47 Å². The summed E-state index contributed by atoms with van der Waals surface area (Å²) in [6, 6.07) is 7.03. The van der Waals surface area contributed by atoms with Crippen LogP contribution in [0, 0.1) is 0 Å². The Labute approximate surface area is 134 Å². The van der Waals surface area contributed by atoms with Gasteiger partial charge in [-0.15, -0.1) is 0 Å². The molecule has 21 heavy (non-hydrogen) atoms. The van der Waals surface area contributed by atoms with E-state index in [9.17, 15) is 0 Å². The Kier molecular flexibility index (Phi) is 5.16. The molecule has 1 heterocycles. The Morgan fingerprint density at radius 2 is 2.29 bits per heavy atom. The largest absolute Gasteiger partial charge is 0.496 e. The molecule has 3 rings (SSSR count). The maximum absolute atomic E-state index is 5.85. The van der Waals surface area contributed by atoms with E-state index in [2.05, 4.69) is 38.3 Å². The van der Waals surface area contributed by atoms with E-state index in [1.807, 2.05) is 6.07 Å². The molecule has 0 amide bonds. The van der Waals surface area contributed by atoms with E-state index in [0.717, 1.165) is 49.0 Å². The van der Waals surface area contributed by atoms with E-state index in [-0.39, 0.29) is 0 Å². The summed E-state index contributed by atoms with van der Waals surface area (Å²) >= 11 is 3.52. The van der Waals surface area contributed by atoms with Crippen molar-refractivity contribution in [3.63, 3.8) is 0 Å². The third-order valence-electron chi connectivity index (χ3n) is 4.15. The van der Waals surface area contributed by atoms with Crippen LogP contribution >= 0.6 is 15.9 Å². The first-order chi connectivity index (χ1) is 10.3. The van der Waals surface area contributed by atoms with Crippen LogP contribution < -0.4 is 10.1 Å². The molecule has 1 saturated heterocycles. The molecule has 1 aliphatic heterocycles. The van der Waals surface area contributed by atoms with Gasteiger partial charge in [0, 0.05) is 32.2 Å². The molecule has 1 atom stereocenters. The van der Waals surface area contributed by atoms with Gasteiger partial charge in [0.15, 0.2) is 0 Å². The minimum atomic E-state index is 0.320. The Morgan fingerprint density at radius 3 is 3.00 bits per heavy atom. The fourth-order valence-corrected chi connectivity index (χ4v) is 3.42. The standard InChI is InChI=1S/C16H23BrN2O2/c1-20-16-5-2-12(8-15(16)17)9-18-10-14-11-19(6-7-21-14)13-3-4-13/h2,5,8,13-14,18H,3-4,6-7,9-11H2,1H3. The summed E-state index contributed by atoms with van der Waals surface area (Å²) in [6.07, 6.45) is 3.07. The maximum Gasteiger partial charge on any atom is 0.133 e. The molecule has 1 N–H and O–H groups in total. The van der Waals surface area contributed by atoms with Crippen LogP contribution in [0.25, 0.3) is 0 Å². The molecule has 2 aliphatic rings. The number of morpholine rings is 1. The SMILES string of the molecule is COc1ccc(CNCC2CN(C3CC3)CCO2)cc1Br. The van der Waals surface area contributed by atoms with Crippen LogP contribution in [0.5, 0.6) is 5.75 Å². The molecule has 5 heteroatoms. The van der Waals surface area contributed by atoms with Crippen LogP contribution in [-0.4, -0.2) is 50.4 Å². The number of methoxy groups -OCH3 is 1. The lowest BCUT2D eigenvalue weighted by molar-refractivity contribution is -0.0301. The third kappa shape index (κ3) is 4.19. The molecule has 1 aromatic carbocycles. The second-order valence-corrected chi connectivity index (χ2v) is 6.67. The molecule has 2 fully saturated rings. The molecule has 1 aromatic rings. The summed E-state index contributed by atoms with van der Waals surface area (Å²) in [6.45, 7) is 4.81. The number of halogens is 1. The Balaban J connectivity index is 1.44. The minimum Gasteiger partial charge on any atom is -0.496 e. The number of rotatable bonds is 6. The highest BCUT2D eigenvalue weighted by Gasteiger charge is 2.32. The second-order valence-electron chi connectivity index (χ2n) is 5.82. The lowest BCUT2D eigenvalue weighted by Crippen LogP contribution is -2.47. The van der Waals surface area contributed by atoms with Gasteiger partial charge in [0.25, 0.3) is 0 Å². The van der Waals surface area contributed by atoms with E-state index >= 15 is 0 Å². The van der Waals surface area contributed by atoms with Crippen molar-refractivity contribution < 1.29 is 9.47 Å². The van der Waals surface area contributed by atoms with Gasteiger partial charge >= 0.3 is 0 Å². The lowest BCUT2D eigenvalue weighted by Gasteiger charge is -2.33. The highest BCUT2D eigenvalue weighted by atomic mass is 79.9. The summed E-state index contributed by atoms with van der Waals surface area (Å²) in [7, 11) is 1.68. The number of nitrogens with one attached hydrogen (secondary N) is 1. The van der Waals surface area contributed by atoms with Gasteiger partial charge in [0.2, 0.25) is 0 Å². The predicted molar refractivity (Wildman–Crippen MR) is 86.7 cm³/mol. The number of nitrogens with zero attached hydrogens (tertiary/aromatic N) is 1. The number of ether oxygens (including phenoxy) is 2. The third-order valence-corrected chi connectivity index (χ3v) is 4.77. The van der Waals surface area contributed by atoms with Gasteiger partial charge in [-0.3, -0.25) is 4.90 Å². The van der Waals surface area contributed by atoms with Crippen LogP contribution in [0.15, 0.2) is 22.7 Å². The average Bonchev–Trinajstić information content (AvgIpc) is 3.32. The van der Waals surface area contributed by atoms with Crippen molar-refractivity contribution in [3.05, 3.63) is 28.2 Å². The zero-order chi connectivity index (χ0) is 14.7. The van der Waals surface area contributed by atoms with E-state index in [1.54, 1.807) is 7.11 Å². The fraction of sp³-hybridized carbons (Fsp3) is 0.625. The number of hydrogen-bond donors (Lipinski definition) is 1. The van der Waals surface area contributed by atoms with Crippen molar-refractivity contribution in [2.24, 2.45) is 0 Å². The molecule has 1 unspecified atom stereocenters. The van der Waals surface area contributed by atoms with Crippen molar-refractivity contribution in [1.82, 2.24) is 10.2 Å². The van der Waals surface area contributed by atoms with Crippen molar-refractivity contribution in [1.29, 1.82) is 0 Å². The normalized spacial score (nSPS) is 23.2. The van der Waals surface area contributed by atoms with E-state index in [0.29, 0.717) is 6.10 Å². The van der Waals surface area contributed by atoms with Crippen LogP contribution in [-0.2, 0) is 11.3 Å². The lowest BCUT2D eigenvalue weighted by atomic mass is 10.2. The van der Waals surface area contributed by atoms with Gasteiger partial charge in [0.05, 0.1) is 24.3 Å². The molecule has 0 radical (unpaired) electrons. The highest BCUT2D eigenvalue weighted by Crippen LogP contribution is 2.28. The van der Waals surface area contributed by atoms with Gasteiger partial charge in [-0.05, 0) is 46.5 Å². The average molecular weight is 355 g/mol. The molecule has 4 nitrogen and oxygen atoms in total. The molecular weight excluding hydrogens is 332 g/mol. The highest BCUT2D eigenvalue weighted by molar-refractivity contribution is 9.10. The minimum absolute atomic E-state index is 0.320. The van der Waals surface area contributed by atoms with E-state index in [1.165, 1.54) is 18.4 Å². The predicted octanol–water partition coefficient (Wildman–Crippen LogP) is 2.41. The first-order valence-corrected chi connectivity index (χ1v) is 8.44. The van der Waals surface area contributed by atoms with Gasteiger partial charge in [-0.25, -0.2) is 0 Å². The summed E-state index contributed by atoms with van der Waals surface area (Å²) in [5.41, 5.74) is 1.25. The number of benzene rings is 1. The molecule has 0 spiro atoms. The molecular formula is C16H23BrN2O2. The quantitative estimate of drug-likeness (QED) is 0.850. The fourth-order valence-electron chi connectivity index (χ4n) is 2.83. The maximum atomic E-state index is 5.85. The Bertz CT molecular complexity index is 479. The van der Waals surface area contributed by atoms with Crippen LogP contribution in [0.2, 0.25) is 0 Å². The monoisotopic (exact) mass is 354 g/mol. The van der Waals surface area contributed by atoms with Crippen molar-refractivity contribution in [2.45, 2.75) is 31.5 Å². The summed E-state index contributed by atoms with van der Waals surface area (Å²) in [5.74, 6) is 0.870. The van der Waals surface area contributed by atoms with E-state index < -0.39 is 0 Å². The molecule has 1 saturated carbocycles. The van der Waals surface area contributed by atoms with Crippen molar-refractivity contribution >= 4 is 15.9 Å². The molecule has 0 aromatic heterocycles. The topological polar surface area (TPSA) is 33.7 Å². The molecule has 0 bridgehead atoms. The first-order valence-electron chi connectivity index (χ1n) is 7.65. The van der Waals surface area contributed by atoms with Gasteiger partial charge < -0.3 is 14.8 Å². The summed E-state index contributed by atoms with van der Waals surface area (Å²) in [5, 5.41) is 3.50. The second kappa shape index (κ2) is 7.09. The Morgan fingerprint density at radius 1 is 1.43 bits per heavy atom. The summed E-state index contributed by atoms with van der Waals surface area (Å²) < 4.78 is 12.1. The van der Waals surface area contributed by atoms with Crippen LogP contribution in [0.4, 0.5) is 0 Å². The summed E-state index contributed by atoms with van der Waals surface area (Å²) in [4.78, 5) is 2.58. The zero-order valence-corrected chi connectivity index (χ0v) is 14.1. The van der Waals surface area contributed by atoms with Gasteiger partial charge in [-0.2, -0.15) is 0 Å². The van der Waals surface area contributed by atoms with Gasteiger partial charge in [0.1, 0.15) is 5.75 Å². The smallest absolute Gasteiger partial charge is 0.133 e. The number of hydrogen-bond acceptors (Lipinski definition) is 4. The first kappa shape index (κ1) is 15.3. The molecule has 1 aliphatic carbocycles. The van der Waals surface area contributed by atoms with Crippen LogP contribution in [0.1, 0.15) is 18.4 Å².